The summed E-state index contributed by atoms with van der Waals surface area (Å²) in [7, 11) is 1.85. The summed E-state index contributed by atoms with van der Waals surface area (Å²) in [4.78, 5) is 26.1. The average Bonchev–Trinajstić information content (AvgIpc) is 2.91. The first kappa shape index (κ1) is 29.0. The van der Waals surface area contributed by atoms with E-state index in [1.165, 1.54) is 12.1 Å². The zero-order valence-electron chi connectivity index (χ0n) is 22.2. The highest BCUT2D eigenvalue weighted by molar-refractivity contribution is 6.31. The molecule has 2 N–H and O–H groups in total. The molecule has 1 aliphatic heterocycles. The van der Waals surface area contributed by atoms with Crippen LogP contribution in [0.4, 0.5) is 4.39 Å². The van der Waals surface area contributed by atoms with Crippen LogP contribution >= 0.6 is 11.6 Å². The number of carboxylic acid groups (broad SMARTS) is 1. The average molecular weight is 541 g/mol. The van der Waals surface area contributed by atoms with Gasteiger partial charge in [0.2, 0.25) is 0 Å². The molecule has 0 aliphatic carbocycles. The zero-order valence-corrected chi connectivity index (χ0v) is 22.9. The normalized spacial score (nSPS) is 18.9. The van der Waals surface area contributed by atoms with Crippen LogP contribution in [0.25, 0.3) is 0 Å². The molecule has 0 saturated heterocycles. The van der Waals surface area contributed by atoms with E-state index < -0.39 is 17.8 Å². The number of carbonyl (C=O) groups is 2. The Labute approximate surface area is 228 Å². The summed E-state index contributed by atoms with van der Waals surface area (Å²) in [5, 5.41) is 12.6. The van der Waals surface area contributed by atoms with Crippen LogP contribution in [-0.4, -0.2) is 35.5 Å². The lowest BCUT2D eigenvalue weighted by atomic mass is 10.0. The van der Waals surface area contributed by atoms with Crippen molar-refractivity contribution in [2.75, 3.05) is 13.6 Å². The minimum Gasteiger partial charge on any atom is -0.481 e. The third kappa shape index (κ3) is 7.96. The van der Waals surface area contributed by atoms with Crippen molar-refractivity contribution in [3.8, 4) is 11.5 Å². The van der Waals surface area contributed by atoms with Gasteiger partial charge in [-0.1, -0.05) is 36.7 Å². The van der Waals surface area contributed by atoms with Gasteiger partial charge in [-0.2, -0.15) is 0 Å². The van der Waals surface area contributed by atoms with E-state index in [4.69, 9.17) is 21.4 Å². The molecule has 2 aromatic carbocycles. The number of hydrogen-bond acceptors (Lipinski definition) is 4. The Hall–Kier alpha value is -3.58. The number of carboxylic acids is 1. The van der Waals surface area contributed by atoms with E-state index in [0.29, 0.717) is 53.6 Å². The minimum atomic E-state index is -0.845. The van der Waals surface area contributed by atoms with Crippen molar-refractivity contribution < 1.29 is 23.8 Å². The van der Waals surface area contributed by atoms with Gasteiger partial charge in [0.05, 0.1) is 6.04 Å². The largest absolute Gasteiger partial charge is 0.481 e. The quantitative estimate of drug-likeness (QED) is 0.371. The molecule has 1 aliphatic rings. The number of nitrogens with one attached hydrogen (secondary N) is 1. The molecule has 0 unspecified atom stereocenters. The second-order valence-corrected chi connectivity index (χ2v) is 9.84. The number of carbonyl (C=O) groups excluding carboxylic acids is 1. The number of amides is 1. The molecule has 1 heterocycles. The number of aliphatic carboxylic acids is 1. The fourth-order valence-corrected chi connectivity index (χ4v) is 4.55. The van der Waals surface area contributed by atoms with Gasteiger partial charge >= 0.3 is 5.97 Å². The lowest BCUT2D eigenvalue weighted by Gasteiger charge is -2.25. The third-order valence-corrected chi connectivity index (χ3v) is 6.68. The van der Waals surface area contributed by atoms with Crippen molar-refractivity contribution in [1.29, 1.82) is 0 Å². The van der Waals surface area contributed by atoms with Crippen LogP contribution in [0, 0.1) is 5.82 Å². The van der Waals surface area contributed by atoms with Gasteiger partial charge in [0.1, 0.15) is 23.0 Å². The molecule has 1 atom stereocenters. The van der Waals surface area contributed by atoms with Gasteiger partial charge in [-0.3, -0.25) is 9.59 Å². The molecular weight excluding hydrogens is 507 g/mol. The van der Waals surface area contributed by atoms with Crippen LogP contribution in [-0.2, 0) is 22.4 Å². The molecule has 0 radical (unpaired) electrons. The Bertz CT molecular complexity index is 1290. The topological polar surface area (TPSA) is 78.9 Å². The summed E-state index contributed by atoms with van der Waals surface area (Å²) < 4.78 is 20.6. The maximum atomic E-state index is 14.6. The highest BCUT2D eigenvalue weighted by atomic mass is 35.5. The summed E-state index contributed by atoms with van der Waals surface area (Å²) in [5.74, 6) is -0.744. The number of aryl methyl sites for hydroxylation is 2. The van der Waals surface area contributed by atoms with E-state index in [1.54, 1.807) is 19.1 Å². The van der Waals surface area contributed by atoms with Crippen molar-refractivity contribution in [2.45, 2.75) is 52.5 Å². The van der Waals surface area contributed by atoms with E-state index in [0.717, 1.165) is 16.7 Å². The summed E-state index contributed by atoms with van der Waals surface area (Å²) in [6, 6.07) is 9.35. The fraction of sp³-hybridized carbons (Fsp3) is 0.333. The van der Waals surface area contributed by atoms with Crippen molar-refractivity contribution in [3.63, 3.8) is 0 Å². The molecular formula is C30H34ClFN2O4. The first-order valence-corrected chi connectivity index (χ1v) is 13.0. The van der Waals surface area contributed by atoms with Crippen LogP contribution in [0.5, 0.6) is 11.5 Å². The Morgan fingerprint density at radius 1 is 1.18 bits per heavy atom. The maximum Gasteiger partial charge on any atom is 0.303 e. The molecule has 0 saturated carbocycles. The first-order chi connectivity index (χ1) is 18.1. The predicted octanol–water partition coefficient (Wildman–Crippen LogP) is 6.66. The second kappa shape index (κ2) is 13.3. The molecule has 0 aromatic heterocycles. The summed E-state index contributed by atoms with van der Waals surface area (Å²) in [6.07, 6.45) is 7.32. The van der Waals surface area contributed by atoms with Gasteiger partial charge in [-0.05, 0) is 85.7 Å². The lowest BCUT2D eigenvalue weighted by Crippen LogP contribution is -2.35. The van der Waals surface area contributed by atoms with Crippen LogP contribution in [0.2, 0.25) is 0 Å². The van der Waals surface area contributed by atoms with Gasteiger partial charge in [-0.25, -0.2) is 4.39 Å². The smallest absolute Gasteiger partial charge is 0.303 e. The molecule has 0 fully saturated rings. The monoisotopic (exact) mass is 540 g/mol. The van der Waals surface area contributed by atoms with Crippen LogP contribution in [0.3, 0.4) is 0 Å². The van der Waals surface area contributed by atoms with E-state index in [2.05, 4.69) is 5.32 Å². The highest BCUT2D eigenvalue weighted by Gasteiger charge is 2.21. The van der Waals surface area contributed by atoms with Gasteiger partial charge in [0, 0.05) is 31.1 Å². The maximum absolute atomic E-state index is 14.6. The molecule has 8 heteroatoms. The van der Waals surface area contributed by atoms with Gasteiger partial charge < -0.3 is 20.1 Å². The Morgan fingerprint density at radius 2 is 1.95 bits per heavy atom. The first-order valence-electron chi connectivity index (χ1n) is 12.6. The Kier molecular flexibility index (Phi) is 10.1. The Balaban J connectivity index is 1.78. The van der Waals surface area contributed by atoms with E-state index >= 15 is 0 Å². The van der Waals surface area contributed by atoms with Crippen LogP contribution in [0.15, 0.2) is 70.9 Å². The zero-order chi connectivity index (χ0) is 27.8. The summed E-state index contributed by atoms with van der Waals surface area (Å²) in [6.45, 7) is 6.20. The van der Waals surface area contributed by atoms with Gasteiger partial charge in [0.25, 0.3) is 5.91 Å². The number of rotatable bonds is 9. The van der Waals surface area contributed by atoms with Crippen molar-refractivity contribution in [2.24, 2.45) is 0 Å². The molecule has 38 heavy (non-hydrogen) atoms. The minimum absolute atomic E-state index is 0.0530. The van der Waals surface area contributed by atoms with Crippen LogP contribution < -0.4 is 10.1 Å². The number of benzene rings is 2. The molecule has 0 bridgehead atoms. The van der Waals surface area contributed by atoms with Gasteiger partial charge in [-0.15, -0.1) is 0 Å². The van der Waals surface area contributed by atoms with Crippen molar-refractivity contribution in [3.05, 3.63) is 93.4 Å². The summed E-state index contributed by atoms with van der Waals surface area (Å²) >= 11 is 6.17. The predicted molar refractivity (Wildman–Crippen MR) is 148 cm³/mol. The number of hydrogen-bond donors (Lipinski definition) is 2. The van der Waals surface area contributed by atoms with Gasteiger partial charge in [0.15, 0.2) is 0 Å². The standard InChI is InChI=1S/C30H34ClFN2O4/c1-5-21-16-26(12-9-22(21)10-13-28(35)36)38-27-17-23(15-25(32)18-27)20(3)33-30(37)29-19(2)8-11-24(31)7-6-14-34(29)4/h6-7,9,11-12,15-18,20H,5,8,10,13-14H2,1-4H3,(H,33,37)(H,35,36)/b7-6-,24-11+,29-19-/t20-/m1/s1. The Morgan fingerprint density at radius 3 is 2.66 bits per heavy atom. The SMILES string of the molecule is CCc1cc(Oc2cc(F)cc([C@@H](C)NC(=O)/C3=C(\C)C/C=C(Cl)\C=C/CN3C)c2)ccc1CCC(=O)O. The third-order valence-electron chi connectivity index (χ3n) is 6.40. The number of halogens is 2. The number of ether oxygens (including phenoxy) is 1. The number of likely N-dealkylation sites (N-methyl/N-ethyl adjacent to an activating group) is 1. The second-order valence-electron chi connectivity index (χ2n) is 9.40. The number of allylic oxidation sites excluding steroid dienone is 4. The fourth-order valence-electron chi connectivity index (χ4n) is 4.38. The van der Waals surface area contributed by atoms with Crippen molar-refractivity contribution >= 4 is 23.5 Å². The van der Waals surface area contributed by atoms with E-state index in [-0.39, 0.29) is 12.3 Å². The molecule has 3 rings (SSSR count). The number of nitrogens with zero attached hydrogens (tertiary/aromatic N) is 1. The van der Waals surface area contributed by atoms with Crippen LogP contribution in [0.1, 0.15) is 56.3 Å². The molecule has 2 aromatic rings. The van der Waals surface area contributed by atoms with Crippen molar-refractivity contribution in [1.82, 2.24) is 10.2 Å². The van der Waals surface area contributed by atoms with E-state index in [1.807, 2.05) is 56.2 Å². The molecule has 1 amide bonds. The molecule has 202 valence electrons. The summed E-state index contributed by atoms with van der Waals surface area (Å²) in [5.41, 5.74) is 3.92. The highest BCUT2D eigenvalue weighted by Crippen LogP contribution is 2.29. The molecule has 6 nitrogen and oxygen atoms in total. The molecule has 0 spiro atoms. The lowest BCUT2D eigenvalue weighted by molar-refractivity contribution is -0.137. The van der Waals surface area contributed by atoms with E-state index in [9.17, 15) is 14.0 Å².